The predicted octanol–water partition coefficient (Wildman–Crippen LogP) is 6.08. The maximum Gasteiger partial charge on any atom is 0.256 e. The fourth-order valence-electron chi connectivity index (χ4n) is 3.77. The molecule has 0 radical (unpaired) electrons. The molecular weight excluding hydrogens is 431 g/mol. The van der Waals surface area contributed by atoms with Gasteiger partial charge in [-0.25, -0.2) is 4.39 Å². The highest BCUT2D eigenvalue weighted by Crippen LogP contribution is 2.35. The molecule has 142 valence electrons. The summed E-state index contributed by atoms with van der Waals surface area (Å²) in [5, 5.41) is 3.97. The highest BCUT2D eigenvalue weighted by atomic mass is 79.9. The zero-order chi connectivity index (χ0) is 20.0. The van der Waals surface area contributed by atoms with E-state index in [2.05, 4.69) is 31.9 Å². The Kier molecular flexibility index (Phi) is 4.32. The molecule has 1 N–H and O–H groups in total. The van der Waals surface area contributed by atoms with E-state index in [0.717, 1.165) is 37.8 Å². The first-order chi connectivity index (χ1) is 14.1. The molecule has 0 fully saturated rings. The van der Waals surface area contributed by atoms with Gasteiger partial charge in [0.25, 0.3) is 5.91 Å². The Morgan fingerprint density at radius 1 is 1.03 bits per heavy atom. The molecule has 0 aliphatic carbocycles. The summed E-state index contributed by atoms with van der Waals surface area (Å²) in [6, 6.07) is 20.3. The zero-order valence-electron chi connectivity index (χ0n) is 15.3. The van der Waals surface area contributed by atoms with E-state index in [1.54, 1.807) is 12.1 Å². The molecule has 5 heteroatoms. The minimum Gasteiger partial charge on any atom is -0.342 e. The SMILES string of the molecule is O=C1Nc2ccccc2C1=Cc1cn(Cc2ccc(F)cc2)c2ccc(Br)cc12. The molecule has 3 nitrogen and oxygen atoms in total. The van der Waals surface area contributed by atoms with Gasteiger partial charge in [0.15, 0.2) is 0 Å². The van der Waals surface area contributed by atoms with Gasteiger partial charge in [0, 0.05) is 50.5 Å². The fourth-order valence-corrected chi connectivity index (χ4v) is 4.13. The van der Waals surface area contributed by atoms with Crippen molar-refractivity contribution >= 4 is 50.1 Å². The Bertz CT molecular complexity index is 1290. The van der Waals surface area contributed by atoms with Crippen LogP contribution in [0.15, 0.2) is 77.4 Å². The molecular formula is C24H16BrFN2O. The summed E-state index contributed by atoms with van der Waals surface area (Å²) >= 11 is 3.55. The first-order valence-corrected chi connectivity index (χ1v) is 10.0. The lowest BCUT2D eigenvalue weighted by Crippen LogP contribution is -2.03. The minimum atomic E-state index is -0.244. The Morgan fingerprint density at radius 2 is 1.83 bits per heavy atom. The molecule has 1 aromatic heterocycles. The summed E-state index contributed by atoms with van der Waals surface area (Å²) in [4.78, 5) is 12.5. The van der Waals surface area contributed by atoms with Crippen LogP contribution in [0.1, 0.15) is 16.7 Å². The Labute approximate surface area is 175 Å². The van der Waals surface area contributed by atoms with Crippen LogP contribution in [0, 0.1) is 5.82 Å². The van der Waals surface area contributed by atoms with Gasteiger partial charge in [-0.05, 0) is 48.0 Å². The lowest BCUT2D eigenvalue weighted by molar-refractivity contribution is -0.110. The van der Waals surface area contributed by atoms with Crippen molar-refractivity contribution in [1.82, 2.24) is 4.57 Å². The summed E-state index contributed by atoms with van der Waals surface area (Å²) in [6.45, 7) is 0.615. The lowest BCUT2D eigenvalue weighted by atomic mass is 10.0. The van der Waals surface area contributed by atoms with Crippen molar-refractivity contribution in [3.8, 4) is 0 Å². The van der Waals surface area contributed by atoms with Crippen LogP contribution in [0.2, 0.25) is 0 Å². The number of benzene rings is 3. The average molecular weight is 447 g/mol. The number of fused-ring (bicyclic) bond motifs is 2. The smallest absolute Gasteiger partial charge is 0.256 e. The maximum absolute atomic E-state index is 13.3. The summed E-state index contributed by atoms with van der Waals surface area (Å²) in [5.74, 6) is -0.341. The number of halogens is 2. The van der Waals surface area contributed by atoms with E-state index in [9.17, 15) is 9.18 Å². The van der Waals surface area contributed by atoms with Crippen molar-refractivity contribution < 1.29 is 9.18 Å². The number of carbonyl (C=O) groups is 1. The van der Waals surface area contributed by atoms with Crippen molar-refractivity contribution in [3.05, 3.63) is 99.9 Å². The molecule has 0 spiro atoms. The number of anilines is 1. The fraction of sp³-hybridized carbons (Fsp3) is 0.0417. The maximum atomic E-state index is 13.3. The van der Waals surface area contributed by atoms with E-state index in [1.807, 2.05) is 48.7 Å². The number of nitrogens with zero attached hydrogens (tertiary/aromatic N) is 1. The van der Waals surface area contributed by atoms with Crippen LogP contribution < -0.4 is 5.32 Å². The second kappa shape index (κ2) is 7.01. The van der Waals surface area contributed by atoms with Gasteiger partial charge in [-0.3, -0.25) is 4.79 Å². The zero-order valence-corrected chi connectivity index (χ0v) is 16.9. The highest BCUT2D eigenvalue weighted by Gasteiger charge is 2.24. The summed E-state index contributed by atoms with van der Waals surface area (Å²) < 4.78 is 16.4. The van der Waals surface area contributed by atoms with Gasteiger partial charge in [0.1, 0.15) is 5.82 Å². The van der Waals surface area contributed by atoms with Crippen LogP contribution in [-0.2, 0) is 11.3 Å². The van der Waals surface area contributed by atoms with Gasteiger partial charge in [-0.2, -0.15) is 0 Å². The lowest BCUT2D eigenvalue weighted by Gasteiger charge is -2.05. The number of hydrogen-bond acceptors (Lipinski definition) is 1. The predicted molar refractivity (Wildman–Crippen MR) is 118 cm³/mol. The summed E-state index contributed by atoms with van der Waals surface area (Å²) in [5.41, 5.74) is 5.42. The van der Waals surface area contributed by atoms with Crippen LogP contribution in [0.5, 0.6) is 0 Å². The Balaban J connectivity index is 1.64. The number of nitrogens with one attached hydrogen (secondary N) is 1. The molecule has 5 rings (SSSR count). The molecule has 4 aromatic rings. The average Bonchev–Trinajstić information content (AvgIpc) is 3.21. The number of amides is 1. The van der Waals surface area contributed by atoms with Crippen LogP contribution >= 0.6 is 15.9 Å². The first kappa shape index (κ1) is 17.9. The van der Waals surface area contributed by atoms with Gasteiger partial charge in [-0.15, -0.1) is 0 Å². The molecule has 0 unspecified atom stereocenters. The summed E-state index contributed by atoms with van der Waals surface area (Å²) in [7, 11) is 0. The van der Waals surface area contributed by atoms with E-state index in [4.69, 9.17) is 0 Å². The molecule has 1 aliphatic heterocycles. The normalized spacial score (nSPS) is 14.4. The van der Waals surface area contributed by atoms with Crippen LogP contribution in [0.3, 0.4) is 0 Å². The molecule has 1 aliphatic rings. The van der Waals surface area contributed by atoms with E-state index in [-0.39, 0.29) is 11.7 Å². The Morgan fingerprint density at radius 3 is 2.66 bits per heavy atom. The molecule has 0 saturated heterocycles. The molecule has 3 aromatic carbocycles. The van der Waals surface area contributed by atoms with Crippen molar-refractivity contribution in [2.75, 3.05) is 5.32 Å². The van der Waals surface area contributed by atoms with Gasteiger partial charge >= 0.3 is 0 Å². The third kappa shape index (κ3) is 3.28. The number of carbonyl (C=O) groups excluding carboxylic acids is 1. The molecule has 2 heterocycles. The molecule has 0 atom stereocenters. The van der Waals surface area contributed by atoms with E-state index < -0.39 is 0 Å². The number of rotatable bonds is 3. The van der Waals surface area contributed by atoms with Gasteiger partial charge < -0.3 is 9.88 Å². The van der Waals surface area contributed by atoms with Gasteiger partial charge in [0.05, 0.1) is 0 Å². The molecule has 0 saturated carbocycles. The highest BCUT2D eigenvalue weighted by molar-refractivity contribution is 9.10. The topological polar surface area (TPSA) is 34.0 Å². The number of para-hydroxylation sites is 1. The van der Waals surface area contributed by atoms with E-state index in [1.165, 1.54) is 12.1 Å². The summed E-state index contributed by atoms with van der Waals surface area (Å²) in [6.07, 6.45) is 3.98. The van der Waals surface area contributed by atoms with Crippen LogP contribution in [0.4, 0.5) is 10.1 Å². The quantitative estimate of drug-likeness (QED) is 0.380. The van der Waals surface area contributed by atoms with Gasteiger partial charge in [0.2, 0.25) is 0 Å². The molecule has 0 bridgehead atoms. The Hall–Kier alpha value is -3.18. The second-order valence-electron chi connectivity index (χ2n) is 7.06. The second-order valence-corrected chi connectivity index (χ2v) is 7.97. The van der Waals surface area contributed by atoms with Crippen molar-refractivity contribution in [2.24, 2.45) is 0 Å². The standard InChI is InChI=1S/C24H16BrFN2O/c25-17-7-10-23-20(12-17)16(14-28(23)13-15-5-8-18(26)9-6-15)11-21-19-3-1-2-4-22(19)27-24(21)29/h1-12,14H,13H2,(H,27,29). The van der Waals surface area contributed by atoms with Crippen molar-refractivity contribution in [1.29, 1.82) is 0 Å². The van der Waals surface area contributed by atoms with Crippen molar-refractivity contribution in [3.63, 3.8) is 0 Å². The van der Waals surface area contributed by atoms with Crippen LogP contribution in [0.25, 0.3) is 22.6 Å². The third-order valence-corrected chi connectivity index (χ3v) is 5.64. The first-order valence-electron chi connectivity index (χ1n) is 9.24. The van der Waals surface area contributed by atoms with Crippen molar-refractivity contribution in [2.45, 2.75) is 6.54 Å². The van der Waals surface area contributed by atoms with E-state index in [0.29, 0.717) is 12.1 Å². The monoisotopic (exact) mass is 446 g/mol. The largest absolute Gasteiger partial charge is 0.342 e. The molecule has 29 heavy (non-hydrogen) atoms. The van der Waals surface area contributed by atoms with Gasteiger partial charge in [-0.1, -0.05) is 46.3 Å². The van der Waals surface area contributed by atoms with Crippen LogP contribution in [-0.4, -0.2) is 10.5 Å². The number of aromatic nitrogens is 1. The third-order valence-electron chi connectivity index (χ3n) is 5.15. The molecule has 1 amide bonds. The van der Waals surface area contributed by atoms with E-state index >= 15 is 0 Å². The number of hydrogen-bond donors (Lipinski definition) is 1. The minimum absolute atomic E-state index is 0.0966.